The standard InChI is InChI=1S/C11H19N3O2/c1-7-5-13-9(16-7)8(2)14-10(15)11(3,4)6-12/h5,8H,6,12H2,1-4H3,(H,14,15). The Morgan fingerprint density at radius 1 is 1.69 bits per heavy atom. The van der Waals surface area contributed by atoms with Crippen molar-refractivity contribution >= 4 is 5.91 Å². The molecule has 90 valence electrons. The Labute approximate surface area is 95.4 Å². The molecular formula is C11H19N3O2. The molecule has 0 aliphatic rings. The third-order valence-electron chi connectivity index (χ3n) is 2.48. The maximum atomic E-state index is 11.8. The number of rotatable bonds is 4. The second kappa shape index (κ2) is 4.65. The molecule has 1 amide bonds. The highest BCUT2D eigenvalue weighted by Gasteiger charge is 2.27. The van der Waals surface area contributed by atoms with Crippen molar-refractivity contribution in [1.29, 1.82) is 0 Å². The SMILES string of the molecule is Cc1cnc(C(C)NC(=O)C(C)(C)CN)o1. The van der Waals surface area contributed by atoms with Gasteiger partial charge in [-0.1, -0.05) is 0 Å². The van der Waals surface area contributed by atoms with E-state index in [1.54, 1.807) is 20.0 Å². The van der Waals surface area contributed by atoms with Crippen LogP contribution in [0.2, 0.25) is 0 Å². The molecule has 0 radical (unpaired) electrons. The van der Waals surface area contributed by atoms with E-state index in [0.717, 1.165) is 5.76 Å². The summed E-state index contributed by atoms with van der Waals surface area (Å²) in [5.74, 6) is 1.14. The quantitative estimate of drug-likeness (QED) is 0.805. The fourth-order valence-electron chi connectivity index (χ4n) is 1.12. The average Bonchev–Trinajstić information content (AvgIpc) is 2.64. The zero-order chi connectivity index (χ0) is 12.3. The zero-order valence-corrected chi connectivity index (χ0v) is 10.2. The van der Waals surface area contributed by atoms with Gasteiger partial charge in [-0.2, -0.15) is 0 Å². The molecular weight excluding hydrogens is 206 g/mol. The smallest absolute Gasteiger partial charge is 0.227 e. The minimum absolute atomic E-state index is 0.0987. The number of oxazole rings is 1. The molecule has 0 saturated heterocycles. The van der Waals surface area contributed by atoms with Gasteiger partial charge >= 0.3 is 0 Å². The van der Waals surface area contributed by atoms with E-state index in [4.69, 9.17) is 10.2 Å². The lowest BCUT2D eigenvalue weighted by atomic mass is 9.92. The van der Waals surface area contributed by atoms with Crippen LogP contribution < -0.4 is 11.1 Å². The number of aromatic nitrogens is 1. The van der Waals surface area contributed by atoms with Crippen LogP contribution in [0.3, 0.4) is 0 Å². The molecule has 1 heterocycles. The fraction of sp³-hybridized carbons (Fsp3) is 0.636. The Morgan fingerprint density at radius 3 is 2.75 bits per heavy atom. The maximum absolute atomic E-state index is 11.8. The summed E-state index contributed by atoms with van der Waals surface area (Å²) in [6.45, 7) is 7.55. The minimum Gasteiger partial charge on any atom is -0.444 e. The summed E-state index contributed by atoms with van der Waals surface area (Å²) in [5.41, 5.74) is 4.95. The van der Waals surface area contributed by atoms with Crippen LogP contribution in [0.1, 0.15) is 38.5 Å². The van der Waals surface area contributed by atoms with Crippen molar-refractivity contribution in [3.63, 3.8) is 0 Å². The summed E-state index contributed by atoms with van der Waals surface area (Å²) < 4.78 is 5.34. The number of nitrogens with zero attached hydrogens (tertiary/aromatic N) is 1. The first kappa shape index (κ1) is 12.7. The van der Waals surface area contributed by atoms with Crippen molar-refractivity contribution in [3.05, 3.63) is 17.8 Å². The van der Waals surface area contributed by atoms with E-state index >= 15 is 0 Å². The van der Waals surface area contributed by atoms with Gasteiger partial charge in [-0.15, -0.1) is 0 Å². The van der Waals surface area contributed by atoms with Gasteiger partial charge in [0, 0.05) is 6.54 Å². The van der Waals surface area contributed by atoms with Crippen LogP contribution in [0, 0.1) is 12.3 Å². The minimum atomic E-state index is -0.574. The van der Waals surface area contributed by atoms with Gasteiger partial charge in [0.1, 0.15) is 11.8 Å². The molecule has 3 N–H and O–H groups in total. The van der Waals surface area contributed by atoms with Crippen molar-refractivity contribution in [2.24, 2.45) is 11.1 Å². The number of nitrogens with two attached hydrogens (primary N) is 1. The molecule has 5 nitrogen and oxygen atoms in total. The van der Waals surface area contributed by atoms with Gasteiger partial charge in [0.15, 0.2) is 0 Å². The molecule has 1 atom stereocenters. The molecule has 0 spiro atoms. The largest absolute Gasteiger partial charge is 0.444 e. The Hall–Kier alpha value is -1.36. The van der Waals surface area contributed by atoms with Crippen molar-refractivity contribution < 1.29 is 9.21 Å². The number of hydrogen-bond acceptors (Lipinski definition) is 4. The first-order chi connectivity index (χ1) is 7.36. The second-order valence-corrected chi connectivity index (χ2v) is 4.59. The third kappa shape index (κ3) is 2.82. The van der Waals surface area contributed by atoms with E-state index in [0.29, 0.717) is 12.4 Å². The Bertz CT molecular complexity index is 371. The lowest BCUT2D eigenvalue weighted by molar-refractivity contribution is -0.129. The van der Waals surface area contributed by atoms with Crippen LogP contribution in [-0.2, 0) is 4.79 Å². The van der Waals surface area contributed by atoms with Gasteiger partial charge in [0.25, 0.3) is 0 Å². The molecule has 16 heavy (non-hydrogen) atoms. The molecule has 0 fully saturated rings. The number of carbonyl (C=O) groups excluding carboxylic acids is 1. The van der Waals surface area contributed by atoms with E-state index in [1.807, 2.05) is 13.8 Å². The van der Waals surface area contributed by atoms with Crippen molar-refractivity contribution in [2.75, 3.05) is 6.54 Å². The van der Waals surface area contributed by atoms with E-state index in [1.165, 1.54) is 0 Å². The normalized spacial score (nSPS) is 13.6. The van der Waals surface area contributed by atoms with Crippen LogP contribution in [0.15, 0.2) is 10.6 Å². The van der Waals surface area contributed by atoms with E-state index in [-0.39, 0.29) is 11.9 Å². The number of aryl methyl sites for hydroxylation is 1. The van der Waals surface area contributed by atoms with Gasteiger partial charge in [-0.05, 0) is 27.7 Å². The van der Waals surface area contributed by atoms with E-state index in [2.05, 4.69) is 10.3 Å². The van der Waals surface area contributed by atoms with Gasteiger partial charge in [0.05, 0.1) is 11.6 Å². The summed E-state index contributed by atoms with van der Waals surface area (Å²) >= 11 is 0. The summed E-state index contributed by atoms with van der Waals surface area (Å²) in [5, 5.41) is 2.83. The molecule has 5 heteroatoms. The molecule has 1 rings (SSSR count). The summed E-state index contributed by atoms with van der Waals surface area (Å²) in [6, 6.07) is -0.243. The molecule has 0 bridgehead atoms. The van der Waals surface area contributed by atoms with Crippen LogP contribution in [0.25, 0.3) is 0 Å². The highest BCUT2D eigenvalue weighted by atomic mass is 16.4. The summed E-state index contributed by atoms with van der Waals surface area (Å²) in [6.07, 6.45) is 1.63. The molecule has 1 aromatic heterocycles. The first-order valence-corrected chi connectivity index (χ1v) is 5.30. The molecule has 1 aromatic rings. The highest BCUT2D eigenvalue weighted by molar-refractivity contribution is 5.82. The lowest BCUT2D eigenvalue weighted by Crippen LogP contribution is -2.42. The van der Waals surface area contributed by atoms with Crippen LogP contribution in [0.4, 0.5) is 0 Å². The second-order valence-electron chi connectivity index (χ2n) is 4.59. The fourth-order valence-corrected chi connectivity index (χ4v) is 1.12. The van der Waals surface area contributed by atoms with Gasteiger partial charge in [-0.25, -0.2) is 4.98 Å². The van der Waals surface area contributed by atoms with E-state index < -0.39 is 5.41 Å². The zero-order valence-electron chi connectivity index (χ0n) is 10.2. The van der Waals surface area contributed by atoms with E-state index in [9.17, 15) is 4.79 Å². The number of nitrogens with one attached hydrogen (secondary N) is 1. The van der Waals surface area contributed by atoms with Crippen molar-refractivity contribution in [1.82, 2.24) is 10.3 Å². The highest BCUT2D eigenvalue weighted by Crippen LogP contribution is 2.17. The molecule has 0 aliphatic carbocycles. The molecule has 1 unspecified atom stereocenters. The Kier molecular flexibility index (Phi) is 3.70. The lowest BCUT2D eigenvalue weighted by Gasteiger charge is -2.23. The Balaban J connectivity index is 2.65. The average molecular weight is 225 g/mol. The summed E-state index contributed by atoms with van der Waals surface area (Å²) in [4.78, 5) is 15.9. The maximum Gasteiger partial charge on any atom is 0.227 e. The molecule has 0 aromatic carbocycles. The van der Waals surface area contributed by atoms with Gasteiger partial charge < -0.3 is 15.5 Å². The predicted octanol–water partition coefficient (Wildman–Crippen LogP) is 1.15. The van der Waals surface area contributed by atoms with Crippen molar-refractivity contribution in [2.45, 2.75) is 33.7 Å². The van der Waals surface area contributed by atoms with Crippen LogP contribution >= 0.6 is 0 Å². The number of amides is 1. The predicted molar refractivity (Wildman–Crippen MR) is 60.6 cm³/mol. The first-order valence-electron chi connectivity index (χ1n) is 5.30. The van der Waals surface area contributed by atoms with Crippen LogP contribution in [0.5, 0.6) is 0 Å². The molecule has 0 aliphatic heterocycles. The monoisotopic (exact) mass is 225 g/mol. The summed E-state index contributed by atoms with van der Waals surface area (Å²) in [7, 11) is 0. The van der Waals surface area contributed by atoms with Crippen LogP contribution in [-0.4, -0.2) is 17.4 Å². The third-order valence-corrected chi connectivity index (χ3v) is 2.48. The van der Waals surface area contributed by atoms with Gasteiger partial charge in [0.2, 0.25) is 11.8 Å². The molecule has 0 saturated carbocycles. The topological polar surface area (TPSA) is 81.2 Å². The number of hydrogen-bond donors (Lipinski definition) is 2. The Morgan fingerprint density at radius 2 is 2.31 bits per heavy atom. The van der Waals surface area contributed by atoms with Crippen molar-refractivity contribution in [3.8, 4) is 0 Å². The number of carbonyl (C=O) groups is 1. The van der Waals surface area contributed by atoms with Gasteiger partial charge in [-0.3, -0.25) is 4.79 Å².